The number of rotatable bonds is 6. The number of pyridine rings is 1. The van der Waals surface area contributed by atoms with Gasteiger partial charge < -0.3 is 20.2 Å². The number of primary sulfonamides is 1. The van der Waals surface area contributed by atoms with E-state index in [2.05, 4.69) is 10.3 Å². The predicted octanol–water partition coefficient (Wildman–Crippen LogP) is 1.04. The van der Waals surface area contributed by atoms with Gasteiger partial charge in [0.25, 0.3) is 5.91 Å². The number of nitrogens with zero attached hydrogens (tertiary/aromatic N) is 2. The third kappa shape index (κ3) is 4.71. The van der Waals surface area contributed by atoms with Gasteiger partial charge in [0.15, 0.2) is 6.10 Å². The lowest BCUT2D eigenvalue weighted by Crippen LogP contribution is -2.30. The van der Waals surface area contributed by atoms with E-state index in [4.69, 9.17) is 9.88 Å². The third-order valence-corrected chi connectivity index (χ3v) is 3.94. The lowest BCUT2D eigenvalue weighted by atomic mass is 10.3. The molecular formula is C14H14N4O6S. The van der Waals surface area contributed by atoms with Crippen LogP contribution in [0.5, 0.6) is 5.75 Å². The highest BCUT2D eigenvalue weighted by molar-refractivity contribution is 7.89. The van der Waals surface area contributed by atoms with E-state index in [1.807, 2.05) is 0 Å². The molecule has 3 N–H and O–H groups in total. The van der Waals surface area contributed by atoms with Gasteiger partial charge in [-0.1, -0.05) is 6.07 Å². The molecule has 132 valence electrons. The Bertz CT molecular complexity index is 915. The quantitative estimate of drug-likeness (QED) is 0.571. The van der Waals surface area contributed by atoms with Crippen molar-refractivity contribution in [2.75, 3.05) is 5.32 Å². The molecule has 1 amide bonds. The summed E-state index contributed by atoms with van der Waals surface area (Å²) in [6.07, 6.45) is 0.134. The highest BCUT2D eigenvalue weighted by Crippen LogP contribution is 2.24. The summed E-state index contributed by atoms with van der Waals surface area (Å²) in [7, 11) is -3.91. The van der Waals surface area contributed by atoms with Gasteiger partial charge in [-0.3, -0.25) is 4.79 Å². The SMILES string of the molecule is CC(Oc1cccnc1[N+](=O)[O-])C(=O)Nc1cccc(S(N)(=O)=O)c1. The maximum atomic E-state index is 12.2. The van der Waals surface area contributed by atoms with E-state index in [-0.39, 0.29) is 16.3 Å². The fraction of sp³-hybridized carbons (Fsp3) is 0.143. The molecule has 0 aliphatic rings. The Kier molecular flexibility index (Phi) is 5.29. The predicted molar refractivity (Wildman–Crippen MR) is 87.4 cm³/mol. The molecule has 0 spiro atoms. The number of sulfonamides is 1. The van der Waals surface area contributed by atoms with Gasteiger partial charge in [0.05, 0.1) is 4.90 Å². The monoisotopic (exact) mass is 366 g/mol. The summed E-state index contributed by atoms with van der Waals surface area (Å²) in [5, 5.41) is 18.4. The summed E-state index contributed by atoms with van der Waals surface area (Å²) < 4.78 is 27.9. The highest BCUT2D eigenvalue weighted by Gasteiger charge is 2.22. The Labute approximate surface area is 142 Å². The van der Waals surface area contributed by atoms with E-state index in [1.54, 1.807) is 0 Å². The fourth-order valence-corrected chi connectivity index (χ4v) is 2.41. The van der Waals surface area contributed by atoms with Crippen molar-refractivity contribution in [1.29, 1.82) is 0 Å². The Morgan fingerprint density at radius 2 is 2.08 bits per heavy atom. The van der Waals surface area contributed by atoms with Crippen LogP contribution in [0, 0.1) is 10.1 Å². The second-order valence-corrected chi connectivity index (χ2v) is 6.47. The number of carbonyl (C=O) groups is 1. The number of nitrogens with one attached hydrogen (secondary N) is 1. The molecule has 0 saturated carbocycles. The molecule has 10 nitrogen and oxygen atoms in total. The molecule has 0 aliphatic heterocycles. The Hall–Kier alpha value is -3.05. The topological polar surface area (TPSA) is 155 Å². The number of hydrogen-bond acceptors (Lipinski definition) is 7. The average Bonchev–Trinajstić information content (AvgIpc) is 2.54. The maximum Gasteiger partial charge on any atom is 0.406 e. The first-order valence-corrected chi connectivity index (χ1v) is 8.43. The Morgan fingerprint density at radius 3 is 2.72 bits per heavy atom. The van der Waals surface area contributed by atoms with Crippen LogP contribution in [0.25, 0.3) is 0 Å². The fourth-order valence-electron chi connectivity index (χ4n) is 1.85. The first kappa shape index (κ1) is 18.3. The number of nitro groups is 1. The summed E-state index contributed by atoms with van der Waals surface area (Å²) in [6.45, 7) is 1.38. The van der Waals surface area contributed by atoms with Crippen LogP contribution in [-0.4, -0.2) is 30.3 Å². The van der Waals surface area contributed by atoms with Gasteiger partial charge in [0.1, 0.15) is 6.20 Å². The first-order chi connectivity index (χ1) is 11.7. The first-order valence-electron chi connectivity index (χ1n) is 6.88. The second kappa shape index (κ2) is 7.23. The van der Waals surface area contributed by atoms with E-state index >= 15 is 0 Å². The van der Waals surface area contributed by atoms with E-state index in [9.17, 15) is 23.3 Å². The summed E-state index contributed by atoms with van der Waals surface area (Å²) >= 11 is 0. The van der Waals surface area contributed by atoms with E-state index in [0.29, 0.717) is 0 Å². The average molecular weight is 366 g/mol. The third-order valence-electron chi connectivity index (χ3n) is 3.03. The normalized spacial score (nSPS) is 12.2. The minimum absolute atomic E-state index is 0.159. The molecule has 0 radical (unpaired) electrons. The summed E-state index contributed by atoms with van der Waals surface area (Å²) in [6, 6.07) is 8.09. The molecule has 1 heterocycles. The Balaban J connectivity index is 2.13. The zero-order chi connectivity index (χ0) is 18.6. The van der Waals surface area contributed by atoms with Crippen LogP contribution in [0.2, 0.25) is 0 Å². The van der Waals surface area contributed by atoms with E-state index < -0.39 is 32.8 Å². The second-order valence-electron chi connectivity index (χ2n) is 4.90. The van der Waals surface area contributed by atoms with Crippen LogP contribution in [0.1, 0.15) is 6.92 Å². The molecule has 11 heteroatoms. The van der Waals surface area contributed by atoms with Crippen LogP contribution in [-0.2, 0) is 14.8 Å². The van der Waals surface area contributed by atoms with Crippen molar-refractivity contribution in [2.45, 2.75) is 17.9 Å². The van der Waals surface area contributed by atoms with Crippen molar-refractivity contribution < 1.29 is 22.9 Å². The van der Waals surface area contributed by atoms with Gasteiger partial charge in [0, 0.05) is 5.69 Å². The minimum atomic E-state index is -3.91. The maximum absolute atomic E-state index is 12.2. The van der Waals surface area contributed by atoms with Crippen molar-refractivity contribution in [1.82, 2.24) is 4.98 Å². The summed E-state index contributed by atoms with van der Waals surface area (Å²) in [4.78, 5) is 25.7. The van der Waals surface area contributed by atoms with Crippen LogP contribution >= 0.6 is 0 Å². The van der Waals surface area contributed by atoms with Crippen LogP contribution in [0.15, 0.2) is 47.5 Å². The van der Waals surface area contributed by atoms with Gasteiger partial charge in [-0.2, -0.15) is 0 Å². The largest absolute Gasteiger partial charge is 0.473 e. The zero-order valence-electron chi connectivity index (χ0n) is 12.9. The Morgan fingerprint density at radius 1 is 1.36 bits per heavy atom. The molecule has 0 aliphatic carbocycles. The number of ether oxygens (including phenoxy) is 1. The number of nitrogens with two attached hydrogens (primary N) is 1. The van der Waals surface area contributed by atoms with Crippen molar-refractivity contribution in [3.05, 3.63) is 52.7 Å². The molecule has 0 fully saturated rings. The molecule has 1 atom stereocenters. The lowest BCUT2D eigenvalue weighted by molar-refractivity contribution is -0.390. The molecule has 0 saturated heterocycles. The van der Waals surface area contributed by atoms with Gasteiger partial charge in [-0.15, -0.1) is 0 Å². The molecule has 0 bridgehead atoms. The van der Waals surface area contributed by atoms with Crippen molar-refractivity contribution in [3.8, 4) is 5.75 Å². The van der Waals surface area contributed by atoms with Gasteiger partial charge in [-0.25, -0.2) is 13.6 Å². The molecule has 1 unspecified atom stereocenters. The standard InChI is InChI=1S/C14H14N4O6S/c1-9(24-12-6-3-7-16-13(12)18(20)21)14(19)17-10-4-2-5-11(8-10)25(15,22)23/h2-9H,1H3,(H,17,19)(H2,15,22,23). The summed E-state index contributed by atoms with van der Waals surface area (Å²) in [5.41, 5.74) is 0.188. The molecule has 2 aromatic rings. The lowest BCUT2D eigenvalue weighted by Gasteiger charge is -2.14. The molecular weight excluding hydrogens is 352 g/mol. The molecule has 1 aromatic heterocycles. The number of carbonyl (C=O) groups excluding carboxylic acids is 1. The number of aromatic nitrogens is 1. The zero-order valence-corrected chi connectivity index (χ0v) is 13.8. The number of hydrogen-bond donors (Lipinski definition) is 2. The highest BCUT2D eigenvalue weighted by atomic mass is 32.2. The number of anilines is 1. The van der Waals surface area contributed by atoms with E-state index in [1.165, 1.54) is 49.5 Å². The molecule has 25 heavy (non-hydrogen) atoms. The van der Waals surface area contributed by atoms with Gasteiger partial charge in [0.2, 0.25) is 15.8 Å². The van der Waals surface area contributed by atoms with Crippen LogP contribution < -0.4 is 15.2 Å². The van der Waals surface area contributed by atoms with E-state index in [0.717, 1.165) is 0 Å². The number of amides is 1. The number of benzene rings is 1. The van der Waals surface area contributed by atoms with Gasteiger partial charge >= 0.3 is 5.82 Å². The van der Waals surface area contributed by atoms with Crippen LogP contribution in [0.3, 0.4) is 0 Å². The molecule has 2 rings (SSSR count). The van der Waals surface area contributed by atoms with Crippen molar-refractivity contribution in [2.24, 2.45) is 5.14 Å². The van der Waals surface area contributed by atoms with Crippen LogP contribution in [0.4, 0.5) is 11.5 Å². The van der Waals surface area contributed by atoms with Crippen molar-refractivity contribution in [3.63, 3.8) is 0 Å². The molecule has 1 aromatic carbocycles. The smallest absolute Gasteiger partial charge is 0.406 e. The van der Waals surface area contributed by atoms with Gasteiger partial charge in [-0.05, 0) is 47.2 Å². The van der Waals surface area contributed by atoms with Crippen molar-refractivity contribution >= 4 is 27.4 Å². The summed E-state index contributed by atoms with van der Waals surface area (Å²) in [5.74, 6) is -1.31. The minimum Gasteiger partial charge on any atom is -0.473 e.